The molecule has 4 rings (SSSR count). The molecule has 176 valence electrons. The van der Waals surface area contributed by atoms with Crippen LogP contribution >= 0.6 is 23.1 Å². The highest BCUT2D eigenvalue weighted by molar-refractivity contribution is 8.00. The number of aryl methyl sites for hydroxylation is 1. The fourth-order valence-electron chi connectivity index (χ4n) is 3.35. The quantitative estimate of drug-likeness (QED) is 0.262. The Kier molecular flexibility index (Phi) is 7.59. The molecular formula is C26H21N3O4S2. The maximum absolute atomic E-state index is 12.6. The van der Waals surface area contributed by atoms with Crippen LogP contribution < -0.4 is 10.6 Å². The van der Waals surface area contributed by atoms with Crippen molar-refractivity contribution in [3.8, 4) is 11.3 Å². The third-order valence-corrected chi connectivity index (χ3v) is 6.83. The number of amides is 2. The van der Waals surface area contributed by atoms with Gasteiger partial charge in [0.15, 0.2) is 5.13 Å². The second-order valence-electron chi connectivity index (χ2n) is 7.46. The van der Waals surface area contributed by atoms with Gasteiger partial charge in [-0.25, -0.2) is 9.78 Å². The van der Waals surface area contributed by atoms with Crippen LogP contribution in [-0.2, 0) is 4.79 Å². The number of carboxylic acids is 1. The molecule has 4 aromatic rings. The lowest BCUT2D eigenvalue weighted by Crippen LogP contribution is -2.16. The second kappa shape index (κ2) is 11.0. The number of carbonyl (C=O) groups is 3. The predicted octanol–water partition coefficient (Wildman–Crippen LogP) is 5.80. The summed E-state index contributed by atoms with van der Waals surface area (Å²) in [6.07, 6.45) is 0. The Hall–Kier alpha value is -3.95. The Morgan fingerprint density at radius 2 is 1.63 bits per heavy atom. The molecule has 0 aliphatic rings. The second-order valence-corrected chi connectivity index (χ2v) is 9.71. The molecule has 7 nitrogen and oxygen atoms in total. The number of nitrogens with zero attached hydrogens (tertiary/aromatic N) is 1. The summed E-state index contributed by atoms with van der Waals surface area (Å²) in [5.41, 5.74) is 2.36. The van der Waals surface area contributed by atoms with Crippen molar-refractivity contribution in [1.29, 1.82) is 0 Å². The van der Waals surface area contributed by atoms with Gasteiger partial charge in [-0.3, -0.25) is 9.59 Å². The number of hydrogen-bond acceptors (Lipinski definition) is 6. The Labute approximate surface area is 210 Å². The van der Waals surface area contributed by atoms with E-state index in [0.717, 1.165) is 21.0 Å². The first kappa shape index (κ1) is 24.2. The number of carboxylic acid groups (broad SMARTS) is 1. The molecule has 1 heterocycles. The summed E-state index contributed by atoms with van der Waals surface area (Å²) in [6, 6.07) is 22.9. The van der Waals surface area contributed by atoms with Gasteiger partial charge in [-0.1, -0.05) is 48.5 Å². The van der Waals surface area contributed by atoms with Crippen LogP contribution in [-0.4, -0.2) is 33.6 Å². The summed E-state index contributed by atoms with van der Waals surface area (Å²) in [5, 5.41) is 15.4. The number of nitrogens with one attached hydrogen (secondary N) is 2. The molecular weight excluding hydrogens is 482 g/mol. The minimum Gasteiger partial charge on any atom is -0.478 e. The minimum atomic E-state index is -1.17. The van der Waals surface area contributed by atoms with Gasteiger partial charge in [-0.15, -0.1) is 23.1 Å². The summed E-state index contributed by atoms with van der Waals surface area (Å²) >= 11 is 2.75. The first-order chi connectivity index (χ1) is 16.9. The average molecular weight is 504 g/mol. The highest BCUT2D eigenvalue weighted by atomic mass is 32.2. The van der Waals surface area contributed by atoms with E-state index in [1.54, 1.807) is 30.3 Å². The molecule has 0 atom stereocenters. The molecule has 2 amide bonds. The van der Waals surface area contributed by atoms with Crippen LogP contribution in [0.5, 0.6) is 0 Å². The standard InChI is InChI=1S/C26H21N3O4S2/c1-16-23(17-8-3-2-4-9-17)29-26(35-16)28-22(30)15-34-19-11-7-10-18(14-19)27-24(31)20-12-5-6-13-21(20)25(32)33/h2-14H,15H2,1H3,(H,27,31)(H,32,33)(H,28,29,30). The number of rotatable bonds is 8. The van der Waals surface area contributed by atoms with Gasteiger partial charge in [0.1, 0.15) is 0 Å². The zero-order valence-electron chi connectivity index (χ0n) is 18.6. The molecule has 0 saturated heterocycles. The van der Waals surface area contributed by atoms with Crippen LogP contribution in [0.1, 0.15) is 25.6 Å². The lowest BCUT2D eigenvalue weighted by Gasteiger charge is -2.09. The third kappa shape index (κ3) is 6.14. The molecule has 0 spiro atoms. The van der Waals surface area contributed by atoms with E-state index in [9.17, 15) is 19.5 Å². The highest BCUT2D eigenvalue weighted by Gasteiger charge is 2.16. The average Bonchev–Trinajstić information content (AvgIpc) is 3.23. The van der Waals surface area contributed by atoms with Crippen molar-refractivity contribution in [3.05, 3.63) is 94.9 Å². The number of aromatic carboxylic acids is 1. The van der Waals surface area contributed by atoms with Crippen molar-refractivity contribution in [2.75, 3.05) is 16.4 Å². The molecule has 1 aromatic heterocycles. The molecule has 0 aliphatic carbocycles. The lowest BCUT2D eigenvalue weighted by molar-refractivity contribution is -0.113. The number of thiazole rings is 1. The largest absolute Gasteiger partial charge is 0.478 e. The van der Waals surface area contributed by atoms with Crippen LogP contribution in [0.25, 0.3) is 11.3 Å². The van der Waals surface area contributed by atoms with Crippen LogP contribution in [0.4, 0.5) is 10.8 Å². The van der Waals surface area contributed by atoms with E-state index in [0.29, 0.717) is 10.8 Å². The molecule has 35 heavy (non-hydrogen) atoms. The molecule has 0 fully saturated rings. The summed E-state index contributed by atoms with van der Waals surface area (Å²) in [7, 11) is 0. The maximum Gasteiger partial charge on any atom is 0.336 e. The van der Waals surface area contributed by atoms with Gasteiger partial charge in [-0.2, -0.15) is 0 Å². The number of hydrogen-bond donors (Lipinski definition) is 3. The van der Waals surface area contributed by atoms with E-state index in [2.05, 4.69) is 15.6 Å². The van der Waals surface area contributed by atoms with Crippen molar-refractivity contribution in [2.45, 2.75) is 11.8 Å². The van der Waals surface area contributed by atoms with E-state index < -0.39 is 11.9 Å². The van der Waals surface area contributed by atoms with Gasteiger partial charge >= 0.3 is 5.97 Å². The van der Waals surface area contributed by atoms with Crippen molar-refractivity contribution in [2.24, 2.45) is 0 Å². The highest BCUT2D eigenvalue weighted by Crippen LogP contribution is 2.30. The monoisotopic (exact) mass is 503 g/mol. The number of aromatic nitrogens is 1. The normalized spacial score (nSPS) is 10.5. The maximum atomic E-state index is 12.6. The van der Waals surface area contributed by atoms with E-state index in [4.69, 9.17) is 0 Å². The van der Waals surface area contributed by atoms with Crippen molar-refractivity contribution >= 4 is 51.7 Å². The zero-order valence-corrected chi connectivity index (χ0v) is 20.3. The van der Waals surface area contributed by atoms with Gasteiger partial charge in [0.05, 0.1) is 22.6 Å². The molecule has 0 radical (unpaired) electrons. The van der Waals surface area contributed by atoms with E-state index in [1.165, 1.54) is 35.2 Å². The fourth-order valence-corrected chi connectivity index (χ4v) is 4.95. The van der Waals surface area contributed by atoms with Crippen LogP contribution in [0.3, 0.4) is 0 Å². The molecule has 0 aliphatic heterocycles. The minimum absolute atomic E-state index is 0.0694. The van der Waals surface area contributed by atoms with Crippen molar-refractivity contribution in [3.63, 3.8) is 0 Å². The molecule has 0 saturated carbocycles. The summed E-state index contributed by atoms with van der Waals surface area (Å²) in [4.78, 5) is 42.8. The molecule has 3 aromatic carbocycles. The molecule has 3 N–H and O–H groups in total. The number of carbonyl (C=O) groups excluding carboxylic acids is 2. The van der Waals surface area contributed by atoms with Crippen LogP contribution in [0, 0.1) is 6.92 Å². The summed E-state index contributed by atoms with van der Waals surface area (Å²) < 4.78 is 0. The molecule has 9 heteroatoms. The Balaban J connectivity index is 1.36. The van der Waals surface area contributed by atoms with E-state index in [1.807, 2.05) is 43.3 Å². The zero-order chi connectivity index (χ0) is 24.8. The number of benzene rings is 3. The van der Waals surface area contributed by atoms with Gasteiger partial charge in [0.25, 0.3) is 5.91 Å². The third-order valence-electron chi connectivity index (χ3n) is 4.95. The first-order valence-electron chi connectivity index (χ1n) is 10.6. The first-order valence-corrected chi connectivity index (χ1v) is 12.4. The molecule has 0 unspecified atom stereocenters. The van der Waals surface area contributed by atoms with Crippen molar-refractivity contribution < 1.29 is 19.5 Å². The van der Waals surface area contributed by atoms with E-state index in [-0.39, 0.29) is 22.8 Å². The van der Waals surface area contributed by atoms with Gasteiger partial charge < -0.3 is 15.7 Å². The topological polar surface area (TPSA) is 108 Å². The Bertz CT molecular complexity index is 1390. The van der Waals surface area contributed by atoms with Crippen LogP contribution in [0.2, 0.25) is 0 Å². The number of anilines is 2. The van der Waals surface area contributed by atoms with Gasteiger partial charge in [0.2, 0.25) is 5.91 Å². The summed E-state index contributed by atoms with van der Waals surface area (Å²) in [5.74, 6) is -1.71. The van der Waals surface area contributed by atoms with Gasteiger partial charge in [0, 0.05) is 21.0 Å². The predicted molar refractivity (Wildman–Crippen MR) is 139 cm³/mol. The van der Waals surface area contributed by atoms with Crippen molar-refractivity contribution in [1.82, 2.24) is 4.98 Å². The SMILES string of the molecule is Cc1sc(NC(=O)CSc2cccc(NC(=O)c3ccccc3C(=O)O)c2)nc1-c1ccccc1. The molecule has 0 bridgehead atoms. The number of thioether (sulfide) groups is 1. The summed E-state index contributed by atoms with van der Waals surface area (Å²) in [6.45, 7) is 1.97. The smallest absolute Gasteiger partial charge is 0.336 e. The van der Waals surface area contributed by atoms with Gasteiger partial charge in [-0.05, 0) is 37.3 Å². The Morgan fingerprint density at radius 1 is 0.914 bits per heavy atom. The van der Waals surface area contributed by atoms with Crippen LogP contribution in [0.15, 0.2) is 83.8 Å². The fraction of sp³-hybridized carbons (Fsp3) is 0.0769. The van der Waals surface area contributed by atoms with E-state index >= 15 is 0 Å². The lowest BCUT2D eigenvalue weighted by atomic mass is 10.1. The Morgan fingerprint density at radius 3 is 2.37 bits per heavy atom.